The van der Waals surface area contributed by atoms with Gasteiger partial charge < -0.3 is 35.5 Å². The van der Waals surface area contributed by atoms with Crippen molar-refractivity contribution in [2.45, 2.75) is 33.3 Å². The van der Waals surface area contributed by atoms with Crippen LogP contribution in [0.5, 0.6) is 0 Å². The molecule has 2 aromatic rings. The lowest BCUT2D eigenvalue weighted by molar-refractivity contribution is -0.111. The van der Waals surface area contributed by atoms with E-state index in [0.717, 1.165) is 12.3 Å². The number of nitrogens with zero attached hydrogens (tertiary/aromatic N) is 2. The Morgan fingerprint density at radius 3 is 2.52 bits per heavy atom. The molecule has 4 N–H and O–H groups in total. The first-order chi connectivity index (χ1) is 19.9. The number of rotatable bonds is 15. The predicted octanol–water partition coefficient (Wildman–Crippen LogP) is 5.72. The molecule has 0 saturated carbocycles. The highest BCUT2D eigenvalue weighted by Crippen LogP contribution is 2.22. The Kier molecular flexibility index (Phi) is 13.1. The maximum atomic E-state index is 14.4. The summed E-state index contributed by atoms with van der Waals surface area (Å²) < 4.78 is 44.3. The van der Waals surface area contributed by atoms with E-state index in [-0.39, 0.29) is 55.5 Å². The number of carbonyl (C=O) groups is 2. The fourth-order valence-corrected chi connectivity index (χ4v) is 3.00. The summed E-state index contributed by atoms with van der Waals surface area (Å²) in [5, 5.41) is 10.8. The number of benzene rings is 1. The molecule has 0 aliphatic heterocycles. The van der Waals surface area contributed by atoms with Crippen molar-refractivity contribution in [2.75, 3.05) is 42.3 Å². The van der Waals surface area contributed by atoms with Gasteiger partial charge >= 0.3 is 6.09 Å². The van der Waals surface area contributed by atoms with Crippen LogP contribution >= 0.6 is 0 Å². The Hall–Kier alpha value is -4.78. The molecule has 226 valence electrons. The average molecular weight is 587 g/mol. The standard InChI is InChI=1S/C29H36F2N6O5/c1-7-25(38)35-21-9-8-10-22(17-21)36-26-23(31)18-33-27(37-26)34-19(2)11-12-24(20(3)30)41-16-15-40-14-13-32-28(39)42-29(4,5)6/h7-12,17-18H,1-2,13-16H2,3-6H3,(H,32,39)(H,35,38)(H2,33,34,36,37)/b12-11-,24-20-. The lowest BCUT2D eigenvalue weighted by Crippen LogP contribution is -2.34. The zero-order valence-electron chi connectivity index (χ0n) is 24.1. The maximum absolute atomic E-state index is 14.4. The molecule has 0 unspecified atom stereocenters. The highest BCUT2D eigenvalue weighted by Gasteiger charge is 2.15. The summed E-state index contributed by atoms with van der Waals surface area (Å²) in [6.45, 7) is 14.4. The number of anilines is 4. The summed E-state index contributed by atoms with van der Waals surface area (Å²) in [6.07, 6.45) is 4.37. The first-order valence-corrected chi connectivity index (χ1v) is 12.9. The van der Waals surface area contributed by atoms with Crippen LogP contribution in [0.2, 0.25) is 0 Å². The number of halogens is 2. The van der Waals surface area contributed by atoms with Crippen LogP contribution in [0.4, 0.5) is 36.7 Å². The monoisotopic (exact) mass is 586 g/mol. The molecule has 11 nitrogen and oxygen atoms in total. The summed E-state index contributed by atoms with van der Waals surface area (Å²) in [5.41, 5.74) is 0.626. The molecule has 2 amide bonds. The number of ether oxygens (including phenoxy) is 3. The number of alkyl carbamates (subject to hydrolysis) is 1. The summed E-state index contributed by atoms with van der Waals surface area (Å²) in [5.74, 6) is -1.80. The summed E-state index contributed by atoms with van der Waals surface area (Å²) in [6, 6.07) is 6.59. The maximum Gasteiger partial charge on any atom is 0.407 e. The third-order valence-corrected chi connectivity index (χ3v) is 4.77. The van der Waals surface area contributed by atoms with Gasteiger partial charge in [0.2, 0.25) is 11.9 Å². The Morgan fingerprint density at radius 1 is 1.10 bits per heavy atom. The number of hydrogen-bond acceptors (Lipinski definition) is 9. The number of carbonyl (C=O) groups excluding carboxylic acids is 2. The lowest BCUT2D eigenvalue weighted by Gasteiger charge is -2.19. The summed E-state index contributed by atoms with van der Waals surface area (Å²) in [7, 11) is 0. The second kappa shape index (κ2) is 16.5. The van der Waals surface area contributed by atoms with Gasteiger partial charge in [-0.1, -0.05) is 19.2 Å². The van der Waals surface area contributed by atoms with Crippen LogP contribution < -0.4 is 21.3 Å². The van der Waals surface area contributed by atoms with Crippen molar-refractivity contribution in [3.8, 4) is 0 Å². The highest BCUT2D eigenvalue weighted by molar-refractivity contribution is 5.99. The minimum absolute atomic E-state index is 0.0291. The molecule has 1 aromatic carbocycles. The van der Waals surface area contributed by atoms with Crippen LogP contribution in [-0.4, -0.2) is 53.9 Å². The molecule has 0 aliphatic rings. The van der Waals surface area contributed by atoms with Crippen LogP contribution in [-0.2, 0) is 19.0 Å². The smallest absolute Gasteiger partial charge is 0.407 e. The summed E-state index contributed by atoms with van der Waals surface area (Å²) in [4.78, 5) is 31.1. The van der Waals surface area contributed by atoms with E-state index in [9.17, 15) is 18.4 Å². The van der Waals surface area contributed by atoms with E-state index in [0.29, 0.717) is 11.4 Å². The van der Waals surface area contributed by atoms with E-state index in [1.807, 2.05) is 0 Å². The van der Waals surface area contributed by atoms with E-state index in [2.05, 4.69) is 44.4 Å². The summed E-state index contributed by atoms with van der Waals surface area (Å²) >= 11 is 0. The Balaban J connectivity index is 1.85. The molecule has 0 fully saturated rings. The zero-order chi connectivity index (χ0) is 31.1. The van der Waals surface area contributed by atoms with Crippen molar-refractivity contribution in [3.05, 3.63) is 84.9 Å². The number of nitrogens with one attached hydrogen (secondary N) is 4. The van der Waals surface area contributed by atoms with E-state index in [1.54, 1.807) is 45.0 Å². The Labute approximate surface area is 243 Å². The second-order valence-corrected chi connectivity index (χ2v) is 9.56. The molecule has 0 bridgehead atoms. The van der Waals surface area contributed by atoms with Crippen molar-refractivity contribution in [3.63, 3.8) is 0 Å². The molecule has 0 aliphatic carbocycles. The first-order valence-electron chi connectivity index (χ1n) is 12.9. The van der Waals surface area contributed by atoms with Crippen LogP contribution in [0.15, 0.2) is 79.1 Å². The molecule has 42 heavy (non-hydrogen) atoms. The van der Waals surface area contributed by atoms with Gasteiger partial charge in [0.1, 0.15) is 18.0 Å². The molecule has 0 radical (unpaired) electrons. The van der Waals surface area contributed by atoms with Gasteiger partial charge in [-0.2, -0.15) is 4.98 Å². The second-order valence-electron chi connectivity index (χ2n) is 9.56. The molecule has 1 heterocycles. The third-order valence-electron chi connectivity index (χ3n) is 4.77. The Morgan fingerprint density at radius 2 is 1.83 bits per heavy atom. The number of aromatic nitrogens is 2. The molecule has 0 saturated heterocycles. The third kappa shape index (κ3) is 13.0. The van der Waals surface area contributed by atoms with E-state index >= 15 is 0 Å². The lowest BCUT2D eigenvalue weighted by atomic mass is 10.2. The minimum atomic E-state index is -0.711. The van der Waals surface area contributed by atoms with Gasteiger partial charge in [0.25, 0.3) is 0 Å². The minimum Gasteiger partial charge on any atom is -0.488 e. The number of hydrogen-bond donors (Lipinski definition) is 4. The molecular formula is C29H36F2N6O5. The fourth-order valence-electron chi connectivity index (χ4n) is 3.00. The van der Waals surface area contributed by atoms with Gasteiger partial charge in [-0.05, 0) is 64.1 Å². The van der Waals surface area contributed by atoms with Gasteiger partial charge in [0, 0.05) is 23.6 Å². The highest BCUT2D eigenvalue weighted by atomic mass is 19.1. The fraction of sp³-hybridized carbons (Fsp3) is 0.310. The average Bonchev–Trinajstić information content (AvgIpc) is 2.90. The van der Waals surface area contributed by atoms with Crippen LogP contribution in [0.1, 0.15) is 27.7 Å². The van der Waals surface area contributed by atoms with Gasteiger partial charge in [-0.3, -0.25) is 4.79 Å². The van der Waals surface area contributed by atoms with Gasteiger partial charge in [0.15, 0.2) is 17.4 Å². The molecule has 1 aromatic heterocycles. The molecule has 2 rings (SSSR count). The first kappa shape index (κ1) is 33.4. The normalized spacial score (nSPS) is 11.8. The van der Waals surface area contributed by atoms with Gasteiger partial charge in [0.05, 0.1) is 19.4 Å². The van der Waals surface area contributed by atoms with E-state index in [4.69, 9.17) is 14.2 Å². The molecule has 0 spiro atoms. The molecule has 13 heteroatoms. The van der Waals surface area contributed by atoms with Crippen molar-refractivity contribution in [2.24, 2.45) is 0 Å². The zero-order valence-corrected chi connectivity index (χ0v) is 24.1. The van der Waals surface area contributed by atoms with Crippen molar-refractivity contribution < 1.29 is 32.6 Å². The largest absolute Gasteiger partial charge is 0.488 e. The van der Waals surface area contributed by atoms with E-state index in [1.165, 1.54) is 19.1 Å². The number of amides is 2. The van der Waals surface area contributed by atoms with Crippen LogP contribution in [0, 0.1) is 5.82 Å². The quantitative estimate of drug-likeness (QED) is 0.0894. The van der Waals surface area contributed by atoms with Crippen molar-refractivity contribution in [1.29, 1.82) is 0 Å². The SMILES string of the molecule is C=CC(=O)Nc1cccc(Nc2nc(NC(=C)/C=C\C(OCCOCCNC(=O)OC(C)(C)C)=C(/C)F)ncc2F)c1. The predicted molar refractivity (Wildman–Crippen MR) is 157 cm³/mol. The number of allylic oxidation sites excluding steroid dienone is 3. The van der Waals surface area contributed by atoms with Crippen LogP contribution in [0.25, 0.3) is 0 Å². The van der Waals surface area contributed by atoms with Gasteiger partial charge in [-0.25, -0.2) is 18.6 Å². The van der Waals surface area contributed by atoms with E-state index < -0.39 is 23.3 Å². The van der Waals surface area contributed by atoms with Gasteiger partial charge in [-0.15, -0.1) is 0 Å². The van der Waals surface area contributed by atoms with Crippen molar-refractivity contribution >= 4 is 35.1 Å². The Bertz CT molecular complexity index is 1320. The topological polar surface area (TPSA) is 136 Å². The van der Waals surface area contributed by atoms with Crippen LogP contribution in [0.3, 0.4) is 0 Å². The molecular weight excluding hydrogens is 550 g/mol. The van der Waals surface area contributed by atoms with Crippen molar-refractivity contribution in [1.82, 2.24) is 15.3 Å². The molecule has 0 atom stereocenters.